The molecular weight excluding hydrogens is 481 g/mol. The largest absolute Gasteiger partial charge is 0.490 e. The number of nitrogens with zero attached hydrogens (tertiary/aromatic N) is 2. The lowest BCUT2D eigenvalue weighted by Gasteiger charge is -2.27. The summed E-state index contributed by atoms with van der Waals surface area (Å²) in [4.78, 5) is 33.9. The lowest BCUT2D eigenvalue weighted by molar-refractivity contribution is -0.192. The number of carbonyl (C=O) groups is 3. The van der Waals surface area contributed by atoms with Gasteiger partial charge in [-0.15, -0.1) is 0 Å². The van der Waals surface area contributed by atoms with Crippen LogP contribution >= 0.6 is 0 Å². The van der Waals surface area contributed by atoms with Crippen LogP contribution in [0.4, 0.5) is 13.2 Å². The minimum Gasteiger partial charge on any atom is -0.475 e. The minimum absolute atomic E-state index is 0.267. The van der Waals surface area contributed by atoms with Crippen LogP contribution < -0.4 is 11.2 Å². The van der Waals surface area contributed by atoms with Gasteiger partial charge in [-0.1, -0.05) is 30.3 Å². The number of carboxylic acids is 1. The molecule has 0 radical (unpaired) electrons. The molecule has 1 aliphatic heterocycles. The number of amides is 2. The Kier molecular flexibility index (Phi) is 8.33. The van der Waals surface area contributed by atoms with E-state index >= 15 is 0 Å². The van der Waals surface area contributed by atoms with Crippen LogP contribution in [0.3, 0.4) is 0 Å². The predicted octanol–water partition coefficient (Wildman–Crippen LogP) is 2.68. The van der Waals surface area contributed by atoms with Crippen molar-refractivity contribution in [3.63, 3.8) is 0 Å². The summed E-state index contributed by atoms with van der Waals surface area (Å²) in [7, 11) is 0. The first-order valence-corrected chi connectivity index (χ1v) is 10.9. The van der Waals surface area contributed by atoms with Gasteiger partial charge in [0, 0.05) is 61.2 Å². The predicted molar refractivity (Wildman–Crippen MR) is 123 cm³/mol. The van der Waals surface area contributed by atoms with E-state index in [1.807, 2.05) is 18.2 Å². The third kappa shape index (κ3) is 6.40. The highest BCUT2D eigenvalue weighted by Gasteiger charge is 2.38. The number of alkyl halides is 3. The van der Waals surface area contributed by atoms with Crippen molar-refractivity contribution in [1.82, 2.24) is 14.9 Å². The number of carboxylic acid groups (broad SMARTS) is 1. The van der Waals surface area contributed by atoms with Crippen LogP contribution in [-0.2, 0) is 29.1 Å². The number of fused-ring (bicyclic) bond motifs is 3. The van der Waals surface area contributed by atoms with Gasteiger partial charge in [0.1, 0.15) is 0 Å². The normalized spacial score (nSPS) is 13.4. The standard InChI is InChI=1S/C22H24N4O3.C2HF3O2/c23-21(27)10-12-25-11-9-20-18(14-25)17-3-1-2-4-19(17)26(20)13-15-5-7-16(8-6-15)22(28)24-29;3-2(4,5)1(6)7/h1-8,29H,9-14H2,(H2,23,27)(H,24,28);(H,6,7). The van der Waals surface area contributed by atoms with Gasteiger partial charge < -0.3 is 15.4 Å². The van der Waals surface area contributed by atoms with Crippen molar-refractivity contribution in [3.8, 4) is 0 Å². The Morgan fingerprint density at radius 3 is 2.28 bits per heavy atom. The van der Waals surface area contributed by atoms with Gasteiger partial charge in [-0.05, 0) is 29.3 Å². The molecule has 192 valence electrons. The lowest BCUT2D eigenvalue weighted by Crippen LogP contribution is -2.33. The number of nitrogens with two attached hydrogens (primary N) is 1. The van der Waals surface area contributed by atoms with Crippen molar-refractivity contribution in [2.45, 2.75) is 32.1 Å². The van der Waals surface area contributed by atoms with Gasteiger partial charge in [0.05, 0.1) is 0 Å². The van der Waals surface area contributed by atoms with E-state index in [4.69, 9.17) is 20.8 Å². The number of hydroxylamine groups is 1. The number of nitrogens with one attached hydrogen (secondary N) is 1. The molecule has 2 heterocycles. The fraction of sp³-hybridized carbons (Fsp3) is 0.292. The number of benzene rings is 2. The zero-order valence-electron chi connectivity index (χ0n) is 19.1. The van der Waals surface area contributed by atoms with E-state index in [0.29, 0.717) is 25.1 Å². The Morgan fingerprint density at radius 1 is 1.06 bits per heavy atom. The van der Waals surface area contributed by atoms with Crippen LogP contribution in [0.2, 0.25) is 0 Å². The molecule has 5 N–H and O–H groups in total. The summed E-state index contributed by atoms with van der Waals surface area (Å²) in [6.45, 7) is 3.10. The fourth-order valence-corrected chi connectivity index (χ4v) is 4.11. The summed E-state index contributed by atoms with van der Waals surface area (Å²) in [6.07, 6.45) is -3.80. The van der Waals surface area contributed by atoms with Crippen LogP contribution in [0.1, 0.15) is 33.6 Å². The number of carbonyl (C=O) groups excluding carboxylic acids is 2. The molecular formula is C24H25F3N4O5. The second kappa shape index (κ2) is 11.2. The SMILES string of the molecule is NC(=O)CCN1CCc2c(c3ccccc3n2Cc2ccc(C(=O)NO)cc2)C1.O=C(O)C(F)(F)F. The van der Waals surface area contributed by atoms with E-state index in [9.17, 15) is 22.8 Å². The van der Waals surface area contributed by atoms with Crippen LogP contribution in [0.15, 0.2) is 48.5 Å². The molecule has 0 saturated carbocycles. The average molecular weight is 506 g/mol. The Labute approximate surface area is 203 Å². The first-order chi connectivity index (χ1) is 17.0. The van der Waals surface area contributed by atoms with E-state index < -0.39 is 18.1 Å². The van der Waals surface area contributed by atoms with Crippen molar-refractivity contribution in [2.24, 2.45) is 5.73 Å². The summed E-state index contributed by atoms with van der Waals surface area (Å²) in [6, 6.07) is 15.6. The third-order valence-corrected chi connectivity index (χ3v) is 5.82. The van der Waals surface area contributed by atoms with E-state index in [0.717, 1.165) is 25.1 Å². The number of hydrogen-bond donors (Lipinski definition) is 4. The Bertz CT molecular complexity index is 1260. The van der Waals surface area contributed by atoms with E-state index in [-0.39, 0.29) is 5.91 Å². The Morgan fingerprint density at radius 2 is 1.69 bits per heavy atom. The molecule has 0 aliphatic carbocycles. The quantitative estimate of drug-likeness (QED) is 0.300. The van der Waals surface area contributed by atoms with Crippen molar-refractivity contribution in [2.75, 3.05) is 13.1 Å². The molecule has 2 amide bonds. The maximum atomic E-state index is 11.5. The maximum absolute atomic E-state index is 11.5. The topological polar surface area (TPSA) is 138 Å². The maximum Gasteiger partial charge on any atom is 0.490 e. The zero-order valence-corrected chi connectivity index (χ0v) is 19.1. The molecule has 0 atom stereocenters. The fourth-order valence-electron chi connectivity index (χ4n) is 4.11. The highest BCUT2D eigenvalue weighted by Crippen LogP contribution is 2.31. The number of primary amides is 1. The van der Waals surface area contributed by atoms with Gasteiger partial charge in [-0.25, -0.2) is 10.3 Å². The van der Waals surface area contributed by atoms with E-state index in [1.54, 1.807) is 17.6 Å². The van der Waals surface area contributed by atoms with Gasteiger partial charge in [0.15, 0.2) is 0 Å². The second-order valence-corrected chi connectivity index (χ2v) is 8.21. The second-order valence-electron chi connectivity index (χ2n) is 8.21. The molecule has 0 fully saturated rings. The molecule has 0 unspecified atom stereocenters. The first-order valence-electron chi connectivity index (χ1n) is 10.9. The summed E-state index contributed by atoms with van der Waals surface area (Å²) in [5.74, 6) is -3.54. The number of para-hydroxylation sites is 1. The summed E-state index contributed by atoms with van der Waals surface area (Å²) < 4.78 is 34.1. The first kappa shape index (κ1) is 26.7. The van der Waals surface area contributed by atoms with Crippen molar-refractivity contribution < 1.29 is 37.9 Å². The molecule has 4 rings (SSSR count). The Hall–Kier alpha value is -3.90. The van der Waals surface area contributed by atoms with Crippen LogP contribution in [0.25, 0.3) is 10.9 Å². The lowest BCUT2D eigenvalue weighted by atomic mass is 10.0. The number of halogens is 3. The van der Waals surface area contributed by atoms with Crippen molar-refractivity contribution in [3.05, 3.63) is 70.9 Å². The number of hydrogen-bond acceptors (Lipinski definition) is 5. The zero-order chi connectivity index (χ0) is 26.5. The van der Waals surface area contributed by atoms with Gasteiger partial charge in [-0.2, -0.15) is 13.2 Å². The molecule has 9 nitrogen and oxygen atoms in total. The highest BCUT2D eigenvalue weighted by molar-refractivity contribution is 5.93. The summed E-state index contributed by atoms with van der Waals surface area (Å²) >= 11 is 0. The Balaban J connectivity index is 0.000000454. The molecule has 12 heteroatoms. The number of aliphatic carboxylic acids is 1. The molecule has 0 spiro atoms. The number of aromatic nitrogens is 1. The molecule has 0 bridgehead atoms. The molecule has 1 aliphatic rings. The third-order valence-electron chi connectivity index (χ3n) is 5.82. The smallest absolute Gasteiger partial charge is 0.475 e. The summed E-state index contributed by atoms with van der Waals surface area (Å²) in [5, 5.41) is 17.1. The number of rotatable bonds is 6. The van der Waals surface area contributed by atoms with Crippen molar-refractivity contribution >= 4 is 28.7 Å². The van der Waals surface area contributed by atoms with Crippen molar-refractivity contribution in [1.29, 1.82) is 0 Å². The molecule has 1 aromatic heterocycles. The highest BCUT2D eigenvalue weighted by atomic mass is 19.4. The average Bonchev–Trinajstić information content (AvgIpc) is 3.15. The monoisotopic (exact) mass is 506 g/mol. The van der Waals surface area contributed by atoms with Crippen LogP contribution in [0.5, 0.6) is 0 Å². The van der Waals surface area contributed by atoms with Gasteiger partial charge in [0.25, 0.3) is 5.91 Å². The minimum atomic E-state index is -5.08. The van der Waals surface area contributed by atoms with E-state index in [2.05, 4.69) is 27.7 Å². The van der Waals surface area contributed by atoms with Gasteiger partial charge >= 0.3 is 12.1 Å². The van der Waals surface area contributed by atoms with E-state index in [1.165, 1.54) is 22.2 Å². The molecule has 2 aromatic carbocycles. The van der Waals surface area contributed by atoms with Gasteiger partial charge in [-0.3, -0.25) is 19.7 Å². The molecule has 36 heavy (non-hydrogen) atoms. The summed E-state index contributed by atoms with van der Waals surface area (Å²) in [5.41, 5.74) is 12.3. The van der Waals surface area contributed by atoms with Gasteiger partial charge in [0.2, 0.25) is 5.91 Å². The molecule has 3 aromatic rings. The van der Waals surface area contributed by atoms with Crippen LogP contribution in [0, 0.1) is 0 Å². The molecule has 0 saturated heterocycles. The van der Waals surface area contributed by atoms with Crippen LogP contribution in [-0.4, -0.2) is 56.8 Å².